The second kappa shape index (κ2) is 3.88. The SMILES string of the molecule is CCC(C(=O)O)c1nc2ncc(C)cn2n1. The summed E-state index contributed by atoms with van der Waals surface area (Å²) in [7, 11) is 0. The van der Waals surface area contributed by atoms with Gasteiger partial charge in [-0.25, -0.2) is 9.50 Å². The summed E-state index contributed by atoms with van der Waals surface area (Å²) in [5, 5.41) is 13.1. The van der Waals surface area contributed by atoms with Crippen LogP contribution >= 0.6 is 0 Å². The van der Waals surface area contributed by atoms with E-state index in [0.717, 1.165) is 5.56 Å². The first kappa shape index (κ1) is 10.5. The van der Waals surface area contributed by atoms with Crippen LogP contribution in [0.15, 0.2) is 12.4 Å². The monoisotopic (exact) mass is 220 g/mol. The lowest BCUT2D eigenvalue weighted by molar-refractivity contribution is -0.139. The highest BCUT2D eigenvalue weighted by Gasteiger charge is 2.22. The fourth-order valence-corrected chi connectivity index (χ4v) is 1.51. The molecular formula is C10H12N4O2. The molecule has 0 bridgehead atoms. The maximum Gasteiger partial charge on any atom is 0.314 e. The van der Waals surface area contributed by atoms with E-state index in [1.54, 1.807) is 19.3 Å². The Hall–Kier alpha value is -1.98. The number of carbonyl (C=O) groups is 1. The Bertz CT molecular complexity index is 535. The van der Waals surface area contributed by atoms with Crippen molar-refractivity contribution < 1.29 is 9.90 Å². The van der Waals surface area contributed by atoms with Gasteiger partial charge in [0.15, 0.2) is 5.82 Å². The highest BCUT2D eigenvalue weighted by molar-refractivity contribution is 5.74. The van der Waals surface area contributed by atoms with Gasteiger partial charge < -0.3 is 5.11 Å². The number of fused-ring (bicyclic) bond motifs is 1. The number of hydrogen-bond donors (Lipinski definition) is 1. The van der Waals surface area contributed by atoms with Gasteiger partial charge in [-0.2, -0.15) is 4.98 Å². The summed E-state index contributed by atoms with van der Waals surface area (Å²) in [6.45, 7) is 3.69. The molecule has 0 aromatic carbocycles. The minimum atomic E-state index is -0.907. The molecular weight excluding hydrogens is 208 g/mol. The molecule has 1 atom stereocenters. The molecule has 0 saturated heterocycles. The van der Waals surface area contributed by atoms with E-state index in [1.807, 2.05) is 6.92 Å². The van der Waals surface area contributed by atoms with Crippen LogP contribution in [0.4, 0.5) is 0 Å². The molecule has 0 spiro atoms. The average molecular weight is 220 g/mol. The Labute approximate surface area is 92.0 Å². The van der Waals surface area contributed by atoms with E-state index in [2.05, 4.69) is 15.1 Å². The Morgan fingerprint density at radius 2 is 2.38 bits per heavy atom. The van der Waals surface area contributed by atoms with Crippen LogP contribution in [0.3, 0.4) is 0 Å². The average Bonchev–Trinajstić information content (AvgIpc) is 2.60. The molecule has 2 heterocycles. The van der Waals surface area contributed by atoms with Crippen LogP contribution in [0.25, 0.3) is 5.78 Å². The molecule has 2 rings (SSSR count). The summed E-state index contributed by atoms with van der Waals surface area (Å²) in [5.74, 6) is -0.828. The molecule has 2 aromatic heterocycles. The normalized spacial score (nSPS) is 12.9. The van der Waals surface area contributed by atoms with Crippen molar-refractivity contribution in [3.8, 4) is 0 Å². The molecule has 6 heteroatoms. The first-order valence-corrected chi connectivity index (χ1v) is 5.03. The predicted molar refractivity (Wildman–Crippen MR) is 56.2 cm³/mol. The highest BCUT2D eigenvalue weighted by Crippen LogP contribution is 2.16. The van der Waals surface area contributed by atoms with Crippen LogP contribution in [0.1, 0.15) is 30.7 Å². The number of aryl methyl sites for hydroxylation is 1. The Morgan fingerprint density at radius 3 is 3.00 bits per heavy atom. The second-order valence-electron chi connectivity index (χ2n) is 3.64. The lowest BCUT2D eigenvalue weighted by Crippen LogP contribution is -2.12. The largest absolute Gasteiger partial charge is 0.481 e. The molecule has 0 fully saturated rings. The Kier molecular flexibility index (Phi) is 2.55. The van der Waals surface area contributed by atoms with Gasteiger partial charge in [0.2, 0.25) is 0 Å². The third-order valence-electron chi connectivity index (χ3n) is 2.36. The number of nitrogens with zero attached hydrogens (tertiary/aromatic N) is 4. The molecule has 0 aliphatic carbocycles. The quantitative estimate of drug-likeness (QED) is 0.834. The summed E-state index contributed by atoms with van der Waals surface area (Å²) in [6, 6.07) is 0. The minimum Gasteiger partial charge on any atom is -0.481 e. The van der Waals surface area contributed by atoms with Gasteiger partial charge in [-0.15, -0.1) is 5.10 Å². The molecule has 1 N–H and O–H groups in total. The lowest BCUT2D eigenvalue weighted by Gasteiger charge is -2.02. The molecule has 0 amide bonds. The van der Waals surface area contributed by atoms with E-state index >= 15 is 0 Å². The zero-order chi connectivity index (χ0) is 11.7. The number of carboxylic acid groups (broad SMARTS) is 1. The molecule has 6 nitrogen and oxygen atoms in total. The lowest BCUT2D eigenvalue weighted by atomic mass is 10.1. The smallest absolute Gasteiger partial charge is 0.314 e. The molecule has 0 saturated carbocycles. The van der Waals surface area contributed by atoms with Gasteiger partial charge >= 0.3 is 5.97 Å². The summed E-state index contributed by atoms with van der Waals surface area (Å²) in [5.41, 5.74) is 0.951. The minimum absolute atomic E-state index is 0.313. The Morgan fingerprint density at radius 1 is 1.62 bits per heavy atom. The predicted octanol–water partition coefficient (Wildman–Crippen LogP) is 1.01. The molecule has 0 aliphatic heterocycles. The van der Waals surface area contributed by atoms with Crippen LogP contribution in [-0.4, -0.2) is 30.7 Å². The van der Waals surface area contributed by atoms with E-state index in [-0.39, 0.29) is 0 Å². The molecule has 2 aromatic rings. The third kappa shape index (κ3) is 1.73. The van der Waals surface area contributed by atoms with Gasteiger partial charge in [0.25, 0.3) is 5.78 Å². The highest BCUT2D eigenvalue weighted by atomic mass is 16.4. The molecule has 0 aliphatic rings. The number of carboxylic acids is 1. The van der Waals surface area contributed by atoms with E-state index in [4.69, 9.17) is 5.11 Å². The van der Waals surface area contributed by atoms with Crippen LogP contribution in [0.5, 0.6) is 0 Å². The zero-order valence-electron chi connectivity index (χ0n) is 9.08. The van der Waals surface area contributed by atoms with Gasteiger partial charge in [0.1, 0.15) is 5.92 Å². The van der Waals surface area contributed by atoms with Crippen LogP contribution < -0.4 is 0 Å². The number of aromatic nitrogens is 4. The van der Waals surface area contributed by atoms with E-state index in [9.17, 15) is 4.79 Å². The molecule has 0 radical (unpaired) electrons. The summed E-state index contributed by atoms with van der Waals surface area (Å²) >= 11 is 0. The van der Waals surface area contributed by atoms with E-state index in [0.29, 0.717) is 18.0 Å². The summed E-state index contributed by atoms with van der Waals surface area (Å²) < 4.78 is 1.51. The maximum absolute atomic E-state index is 11.0. The van der Waals surface area contributed by atoms with Crippen molar-refractivity contribution in [2.24, 2.45) is 0 Å². The number of hydrogen-bond acceptors (Lipinski definition) is 4. The topological polar surface area (TPSA) is 80.4 Å². The van der Waals surface area contributed by atoms with Crippen molar-refractivity contribution in [2.45, 2.75) is 26.2 Å². The van der Waals surface area contributed by atoms with Crippen LogP contribution in [0, 0.1) is 6.92 Å². The summed E-state index contributed by atoms with van der Waals surface area (Å²) in [6.07, 6.45) is 3.91. The summed E-state index contributed by atoms with van der Waals surface area (Å²) in [4.78, 5) is 19.1. The van der Waals surface area contributed by atoms with Gasteiger partial charge in [-0.05, 0) is 18.9 Å². The Balaban J connectivity index is 2.49. The fourth-order valence-electron chi connectivity index (χ4n) is 1.51. The van der Waals surface area contributed by atoms with Crippen molar-refractivity contribution in [2.75, 3.05) is 0 Å². The second-order valence-corrected chi connectivity index (χ2v) is 3.64. The fraction of sp³-hybridized carbons (Fsp3) is 0.400. The zero-order valence-corrected chi connectivity index (χ0v) is 9.08. The van der Waals surface area contributed by atoms with Crippen molar-refractivity contribution in [3.63, 3.8) is 0 Å². The molecule has 84 valence electrons. The van der Waals surface area contributed by atoms with E-state index in [1.165, 1.54) is 4.52 Å². The van der Waals surface area contributed by atoms with Crippen LogP contribution in [0.2, 0.25) is 0 Å². The standard InChI is InChI=1S/C10H12N4O2/c1-3-7(9(15)16)8-12-10-11-4-6(2)5-14(10)13-8/h4-5,7H,3H2,1-2H3,(H,15,16). The van der Waals surface area contributed by atoms with Crippen molar-refractivity contribution in [1.29, 1.82) is 0 Å². The van der Waals surface area contributed by atoms with Gasteiger partial charge in [-0.1, -0.05) is 6.92 Å². The van der Waals surface area contributed by atoms with Gasteiger partial charge in [0.05, 0.1) is 0 Å². The maximum atomic E-state index is 11.0. The van der Waals surface area contributed by atoms with Gasteiger partial charge in [0, 0.05) is 12.4 Å². The first-order valence-electron chi connectivity index (χ1n) is 5.03. The number of rotatable bonds is 3. The van der Waals surface area contributed by atoms with Gasteiger partial charge in [-0.3, -0.25) is 4.79 Å². The van der Waals surface area contributed by atoms with Crippen molar-refractivity contribution >= 4 is 11.7 Å². The van der Waals surface area contributed by atoms with Crippen molar-refractivity contribution in [3.05, 3.63) is 23.8 Å². The van der Waals surface area contributed by atoms with Crippen LogP contribution in [-0.2, 0) is 4.79 Å². The number of aliphatic carboxylic acids is 1. The third-order valence-corrected chi connectivity index (χ3v) is 2.36. The van der Waals surface area contributed by atoms with Crippen molar-refractivity contribution in [1.82, 2.24) is 19.6 Å². The first-order chi connectivity index (χ1) is 7.61. The molecule has 16 heavy (non-hydrogen) atoms. The molecule has 1 unspecified atom stereocenters. The van der Waals surface area contributed by atoms with E-state index < -0.39 is 11.9 Å².